The number of aryl methyl sites for hydroxylation is 1. The van der Waals surface area contributed by atoms with Crippen LogP contribution in [-0.2, 0) is 19.6 Å². The number of hydrogen-bond donors (Lipinski definition) is 0. The number of fused-ring (bicyclic) bond motifs is 1. The van der Waals surface area contributed by atoms with Crippen LogP contribution in [0.3, 0.4) is 0 Å². The maximum Gasteiger partial charge on any atom is 0.257 e. The van der Waals surface area contributed by atoms with Gasteiger partial charge in [0, 0.05) is 37.0 Å². The monoisotopic (exact) mass is 464 g/mol. The number of aromatic nitrogens is 3. The molecule has 1 atom stereocenters. The summed E-state index contributed by atoms with van der Waals surface area (Å²) in [7, 11) is 0. The van der Waals surface area contributed by atoms with Crippen LogP contribution in [0, 0.1) is 0 Å². The molecule has 0 bridgehead atoms. The topological polar surface area (TPSA) is 60.2 Å². The Morgan fingerprint density at radius 1 is 1.00 bits per heavy atom. The van der Waals surface area contributed by atoms with E-state index in [1.165, 1.54) is 19.3 Å². The largest absolute Gasteiger partial charge is 0.488 e. The summed E-state index contributed by atoms with van der Waals surface area (Å²) in [6, 6.07) is 15.1. The lowest BCUT2D eigenvalue weighted by Gasteiger charge is -2.33. The molecule has 3 aromatic rings. The number of para-hydroxylation sites is 1. The third-order valence-electron chi connectivity index (χ3n) is 6.64. The minimum atomic E-state index is 0.0158. The maximum absolute atomic E-state index is 13.5. The molecular weight excluding hydrogens is 436 g/mol. The van der Waals surface area contributed by atoms with Gasteiger partial charge in [0.05, 0.1) is 5.56 Å². The zero-order valence-electron chi connectivity index (χ0n) is 18.8. The number of halogens is 1. The third-order valence-corrected chi connectivity index (χ3v) is 6.89. The van der Waals surface area contributed by atoms with Crippen LogP contribution in [0.2, 0.25) is 5.02 Å². The maximum atomic E-state index is 13.5. The highest BCUT2D eigenvalue weighted by molar-refractivity contribution is 6.30. The Hall–Kier alpha value is -2.86. The number of rotatable bonds is 5. The molecular formula is C26H29ClN4O2. The van der Waals surface area contributed by atoms with Crippen LogP contribution in [0.5, 0.6) is 5.75 Å². The number of carbonyl (C=O) groups is 1. The Morgan fingerprint density at radius 2 is 1.85 bits per heavy atom. The smallest absolute Gasteiger partial charge is 0.257 e. The van der Waals surface area contributed by atoms with Crippen molar-refractivity contribution in [1.82, 2.24) is 19.7 Å². The molecule has 1 fully saturated rings. The fourth-order valence-corrected chi connectivity index (χ4v) is 4.99. The number of likely N-dealkylation sites (tertiary alicyclic amines) is 1. The average Bonchev–Trinajstić information content (AvgIpc) is 3.11. The first-order valence-corrected chi connectivity index (χ1v) is 12.2. The van der Waals surface area contributed by atoms with Gasteiger partial charge >= 0.3 is 0 Å². The van der Waals surface area contributed by atoms with Crippen LogP contribution in [0.1, 0.15) is 65.6 Å². The standard InChI is InChI=1S/C26H29ClN4O2/c27-21-13-11-19(12-14-21)18-33-23-9-4-3-8-22(23)26(32)30-15-6-7-20(17-30)25-29-28-24-10-2-1-5-16-31(24)25/h3-4,8-9,11-14,20H,1-2,5-7,10,15-18H2. The van der Waals surface area contributed by atoms with Crippen LogP contribution in [-0.4, -0.2) is 38.7 Å². The second-order valence-electron chi connectivity index (χ2n) is 8.94. The first-order chi connectivity index (χ1) is 16.2. The van der Waals surface area contributed by atoms with Gasteiger partial charge in [-0.15, -0.1) is 10.2 Å². The van der Waals surface area contributed by atoms with Gasteiger partial charge in [0.2, 0.25) is 0 Å². The lowest BCUT2D eigenvalue weighted by Crippen LogP contribution is -2.40. The third kappa shape index (κ3) is 4.91. The molecule has 172 valence electrons. The van der Waals surface area contributed by atoms with Gasteiger partial charge in [-0.25, -0.2) is 0 Å². The minimum absolute atomic E-state index is 0.0158. The van der Waals surface area contributed by atoms with E-state index in [1.807, 2.05) is 53.4 Å². The molecule has 1 saturated heterocycles. The molecule has 0 aliphatic carbocycles. The van der Waals surface area contributed by atoms with Crippen LogP contribution >= 0.6 is 11.6 Å². The predicted molar refractivity (Wildman–Crippen MR) is 128 cm³/mol. The van der Waals surface area contributed by atoms with E-state index >= 15 is 0 Å². The van der Waals surface area contributed by atoms with Crippen LogP contribution in [0.4, 0.5) is 0 Å². The van der Waals surface area contributed by atoms with Gasteiger partial charge in [-0.2, -0.15) is 0 Å². The summed E-state index contributed by atoms with van der Waals surface area (Å²) in [4.78, 5) is 15.5. The van der Waals surface area contributed by atoms with E-state index in [2.05, 4.69) is 14.8 Å². The second kappa shape index (κ2) is 9.96. The summed E-state index contributed by atoms with van der Waals surface area (Å²) in [6.07, 6.45) is 6.60. The predicted octanol–water partition coefficient (Wildman–Crippen LogP) is 5.26. The molecule has 6 nitrogen and oxygen atoms in total. The molecule has 2 aromatic carbocycles. The molecule has 0 radical (unpaired) electrons. The quantitative estimate of drug-likeness (QED) is 0.517. The second-order valence-corrected chi connectivity index (χ2v) is 9.37. The number of benzene rings is 2. The Bertz CT molecular complexity index is 1110. The van der Waals surface area contributed by atoms with Gasteiger partial charge in [-0.1, -0.05) is 42.3 Å². The van der Waals surface area contributed by atoms with E-state index in [9.17, 15) is 4.79 Å². The van der Waals surface area contributed by atoms with Crippen molar-refractivity contribution >= 4 is 17.5 Å². The molecule has 1 amide bonds. The lowest BCUT2D eigenvalue weighted by atomic mass is 9.96. The van der Waals surface area contributed by atoms with Crippen molar-refractivity contribution in [3.8, 4) is 5.75 Å². The van der Waals surface area contributed by atoms with Crippen molar-refractivity contribution in [2.45, 2.75) is 57.6 Å². The first kappa shape index (κ1) is 22.0. The van der Waals surface area contributed by atoms with Crippen molar-refractivity contribution in [3.05, 3.63) is 76.3 Å². The normalized spacial score (nSPS) is 18.5. The summed E-state index contributed by atoms with van der Waals surface area (Å²) in [5.41, 5.74) is 1.61. The Kier molecular flexibility index (Phi) is 6.63. The van der Waals surface area contributed by atoms with E-state index in [-0.39, 0.29) is 11.8 Å². The fourth-order valence-electron chi connectivity index (χ4n) is 4.86. The van der Waals surface area contributed by atoms with Crippen LogP contribution in [0.25, 0.3) is 0 Å². The molecule has 2 aliphatic rings. The van der Waals surface area contributed by atoms with Crippen molar-refractivity contribution in [2.75, 3.05) is 13.1 Å². The molecule has 1 unspecified atom stereocenters. The highest BCUT2D eigenvalue weighted by atomic mass is 35.5. The number of ether oxygens (including phenoxy) is 1. The van der Waals surface area contributed by atoms with Gasteiger partial charge in [0.25, 0.3) is 5.91 Å². The number of hydrogen-bond acceptors (Lipinski definition) is 4. The highest BCUT2D eigenvalue weighted by Gasteiger charge is 2.30. The Balaban J connectivity index is 1.30. The zero-order chi connectivity index (χ0) is 22.6. The molecule has 1 aromatic heterocycles. The van der Waals surface area contributed by atoms with Crippen LogP contribution in [0.15, 0.2) is 48.5 Å². The van der Waals surface area contributed by atoms with Gasteiger partial charge in [-0.3, -0.25) is 4.79 Å². The summed E-state index contributed by atoms with van der Waals surface area (Å²) in [5, 5.41) is 9.72. The molecule has 5 rings (SSSR count). The first-order valence-electron chi connectivity index (χ1n) is 11.9. The number of amides is 1. The number of piperidine rings is 1. The highest BCUT2D eigenvalue weighted by Crippen LogP contribution is 2.30. The summed E-state index contributed by atoms with van der Waals surface area (Å²) >= 11 is 5.98. The van der Waals surface area contributed by atoms with Crippen molar-refractivity contribution in [1.29, 1.82) is 0 Å². The molecule has 0 saturated carbocycles. The summed E-state index contributed by atoms with van der Waals surface area (Å²) in [5.74, 6) is 3.01. The number of nitrogens with zero attached hydrogens (tertiary/aromatic N) is 4. The molecule has 0 spiro atoms. The minimum Gasteiger partial charge on any atom is -0.488 e. The Labute approximate surface area is 199 Å². The molecule has 0 N–H and O–H groups in total. The molecule has 3 heterocycles. The van der Waals surface area contributed by atoms with Gasteiger partial charge in [0.1, 0.15) is 24.0 Å². The van der Waals surface area contributed by atoms with Crippen LogP contribution < -0.4 is 4.74 Å². The average molecular weight is 465 g/mol. The molecule has 33 heavy (non-hydrogen) atoms. The van der Waals surface area contributed by atoms with E-state index in [4.69, 9.17) is 16.3 Å². The summed E-state index contributed by atoms with van der Waals surface area (Å²) in [6.45, 7) is 2.80. The number of carbonyl (C=O) groups excluding carboxylic acids is 1. The summed E-state index contributed by atoms with van der Waals surface area (Å²) < 4.78 is 8.36. The Morgan fingerprint density at radius 3 is 2.73 bits per heavy atom. The van der Waals surface area contributed by atoms with E-state index < -0.39 is 0 Å². The van der Waals surface area contributed by atoms with E-state index in [0.29, 0.717) is 29.5 Å². The lowest BCUT2D eigenvalue weighted by molar-refractivity contribution is 0.0698. The van der Waals surface area contributed by atoms with Gasteiger partial charge < -0.3 is 14.2 Å². The van der Waals surface area contributed by atoms with Gasteiger partial charge in [0.15, 0.2) is 0 Å². The van der Waals surface area contributed by atoms with Crippen molar-refractivity contribution < 1.29 is 9.53 Å². The van der Waals surface area contributed by atoms with E-state index in [1.54, 1.807) is 0 Å². The molecule has 7 heteroatoms. The fraction of sp³-hybridized carbons (Fsp3) is 0.423. The van der Waals surface area contributed by atoms with Crippen molar-refractivity contribution in [2.24, 2.45) is 0 Å². The van der Waals surface area contributed by atoms with Gasteiger partial charge in [-0.05, 0) is 55.5 Å². The molecule has 2 aliphatic heterocycles. The van der Waals surface area contributed by atoms with Crippen molar-refractivity contribution in [3.63, 3.8) is 0 Å². The van der Waals surface area contributed by atoms with E-state index in [0.717, 1.165) is 49.6 Å². The SMILES string of the molecule is O=C(c1ccccc1OCc1ccc(Cl)cc1)N1CCCC(c2nnc3n2CCCCC3)C1. The zero-order valence-corrected chi connectivity index (χ0v) is 19.5.